The Morgan fingerprint density at radius 1 is 1.74 bits per heavy atom. The average Bonchev–Trinajstić information content (AvgIpc) is 2.38. The van der Waals surface area contributed by atoms with Crippen molar-refractivity contribution >= 4 is 17.5 Å². The van der Waals surface area contributed by atoms with Gasteiger partial charge in [-0.2, -0.15) is 0 Å². The monoisotopic (exact) mass is 266 g/mol. The molecule has 0 radical (unpaired) electrons. The number of amides is 1. The van der Waals surface area contributed by atoms with Gasteiger partial charge in [0.25, 0.3) is 0 Å². The van der Waals surface area contributed by atoms with Crippen LogP contribution in [0.4, 0.5) is 16.2 Å². The maximum absolute atomic E-state index is 10.9. The second-order valence-corrected chi connectivity index (χ2v) is 4.52. The molecule has 1 saturated heterocycles. The van der Waals surface area contributed by atoms with Gasteiger partial charge in [-0.1, -0.05) is 0 Å². The van der Waals surface area contributed by atoms with Crippen molar-refractivity contribution in [2.24, 2.45) is 0 Å². The zero-order valence-electron chi connectivity index (χ0n) is 10.8. The molecule has 0 bridgehead atoms. The molecule has 0 saturated carbocycles. The molecule has 1 aromatic heterocycles. The predicted molar refractivity (Wildman–Crippen MR) is 71.2 cm³/mol. The number of morpholine rings is 1. The minimum absolute atomic E-state index is 0.175. The maximum Gasteiger partial charge on any atom is 0.407 e. The minimum Gasteiger partial charge on any atom is -0.465 e. The van der Waals surface area contributed by atoms with E-state index in [0.29, 0.717) is 31.9 Å². The van der Waals surface area contributed by atoms with E-state index in [1.165, 1.54) is 4.90 Å². The van der Waals surface area contributed by atoms with Gasteiger partial charge in [0.2, 0.25) is 0 Å². The van der Waals surface area contributed by atoms with Gasteiger partial charge in [0.15, 0.2) is 0 Å². The van der Waals surface area contributed by atoms with Gasteiger partial charge in [0.05, 0.1) is 36.8 Å². The first-order valence-corrected chi connectivity index (χ1v) is 6.11. The number of nitrogens with zero attached hydrogens (tertiary/aromatic N) is 2. The summed E-state index contributed by atoms with van der Waals surface area (Å²) in [5, 5.41) is 12.1. The number of aromatic nitrogens is 1. The molecule has 19 heavy (non-hydrogen) atoms. The number of nitrogens with two attached hydrogens (primary N) is 1. The van der Waals surface area contributed by atoms with Gasteiger partial charge in [0.1, 0.15) is 0 Å². The first kappa shape index (κ1) is 13.4. The normalized spacial score (nSPS) is 19.2. The minimum atomic E-state index is -0.912. The highest BCUT2D eigenvalue weighted by molar-refractivity contribution is 5.66. The molecular formula is C12H18N4O3. The third-order valence-electron chi connectivity index (χ3n) is 3.00. The number of carbonyl (C=O) groups is 1. The lowest BCUT2D eigenvalue weighted by Gasteiger charge is -2.31. The van der Waals surface area contributed by atoms with Gasteiger partial charge < -0.3 is 25.8 Å². The summed E-state index contributed by atoms with van der Waals surface area (Å²) in [6.07, 6.45) is 0.581. The van der Waals surface area contributed by atoms with Gasteiger partial charge in [-0.05, 0) is 13.0 Å². The highest BCUT2D eigenvalue weighted by atomic mass is 16.5. The summed E-state index contributed by atoms with van der Waals surface area (Å²) < 4.78 is 5.51. The Balaban J connectivity index is 1.89. The lowest BCUT2D eigenvalue weighted by Crippen LogP contribution is -2.47. The van der Waals surface area contributed by atoms with Gasteiger partial charge in [-0.15, -0.1) is 0 Å². The number of hydrogen-bond donors (Lipinski definition) is 3. The second-order valence-electron chi connectivity index (χ2n) is 4.52. The Morgan fingerprint density at radius 3 is 3.21 bits per heavy atom. The fourth-order valence-corrected chi connectivity index (χ4v) is 1.97. The molecule has 4 N–H and O–H groups in total. The van der Waals surface area contributed by atoms with Gasteiger partial charge in [0, 0.05) is 18.8 Å². The zero-order chi connectivity index (χ0) is 13.8. The maximum atomic E-state index is 10.9. The molecular weight excluding hydrogens is 248 g/mol. The lowest BCUT2D eigenvalue weighted by molar-refractivity contribution is -0.0147. The zero-order valence-corrected chi connectivity index (χ0v) is 10.8. The van der Waals surface area contributed by atoms with Crippen molar-refractivity contribution in [3.8, 4) is 0 Å². The van der Waals surface area contributed by atoms with E-state index in [1.807, 2.05) is 6.92 Å². The first-order valence-electron chi connectivity index (χ1n) is 6.11. The molecule has 2 heterocycles. The highest BCUT2D eigenvalue weighted by Gasteiger charge is 2.23. The fraction of sp³-hybridized carbons (Fsp3) is 0.500. The fourth-order valence-electron chi connectivity index (χ4n) is 1.97. The molecule has 1 aliphatic heterocycles. The van der Waals surface area contributed by atoms with Gasteiger partial charge >= 0.3 is 6.09 Å². The van der Waals surface area contributed by atoms with E-state index in [4.69, 9.17) is 15.6 Å². The Labute approximate surface area is 111 Å². The van der Waals surface area contributed by atoms with E-state index in [-0.39, 0.29) is 6.10 Å². The van der Waals surface area contributed by atoms with Crippen LogP contribution in [0.2, 0.25) is 0 Å². The molecule has 1 aliphatic rings. The van der Waals surface area contributed by atoms with E-state index in [1.54, 1.807) is 12.3 Å². The van der Waals surface area contributed by atoms with Crippen LogP contribution in [0.25, 0.3) is 0 Å². The smallest absolute Gasteiger partial charge is 0.407 e. The number of nitrogens with one attached hydrogen (secondary N) is 1. The summed E-state index contributed by atoms with van der Waals surface area (Å²) in [5.41, 5.74) is 8.08. The summed E-state index contributed by atoms with van der Waals surface area (Å²) in [4.78, 5) is 16.4. The summed E-state index contributed by atoms with van der Waals surface area (Å²) in [6, 6.07) is 1.79. The molecule has 0 aromatic carbocycles. The molecule has 1 aromatic rings. The van der Waals surface area contributed by atoms with Crippen LogP contribution in [0.3, 0.4) is 0 Å². The largest absolute Gasteiger partial charge is 0.465 e. The van der Waals surface area contributed by atoms with Crippen molar-refractivity contribution < 1.29 is 14.6 Å². The molecule has 1 fully saturated rings. The highest BCUT2D eigenvalue weighted by Crippen LogP contribution is 2.17. The van der Waals surface area contributed by atoms with E-state index >= 15 is 0 Å². The SMILES string of the molecule is Cc1cc(N)c(NCC2CN(C(=O)O)CCO2)cn1. The number of rotatable bonds is 3. The Bertz CT molecular complexity index is 466. The van der Waals surface area contributed by atoms with Gasteiger partial charge in [-0.3, -0.25) is 4.98 Å². The number of anilines is 2. The van der Waals surface area contributed by atoms with Crippen LogP contribution in [0.15, 0.2) is 12.3 Å². The molecule has 1 unspecified atom stereocenters. The Morgan fingerprint density at radius 2 is 2.53 bits per heavy atom. The number of pyridine rings is 1. The van der Waals surface area contributed by atoms with Crippen molar-refractivity contribution in [2.45, 2.75) is 13.0 Å². The van der Waals surface area contributed by atoms with Crippen molar-refractivity contribution in [2.75, 3.05) is 37.3 Å². The van der Waals surface area contributed by atoms with Crippen molar-refractivity contribution in [3.63, 3.8) is 0 Å². The van der Waals surface area contributed by atoms with E-state index in [2.05, 4.69) is 10.3 Å². The van der Waals surface area contributed by atoms with Crippen LogP contribution in [0.1, 0.15) is 5.69 Å². The summed E-state index contributed by atoms with van der Waals surface area (Å²) in [6.45, 7) is 3.57. The van der Waals surface area contributed by atoms with Gasteiger partial charge in [-0.25, -0.2) is 4.79 Å². The standard InChI is InChI=1S/C12H18N4O3/c1-8-4-10(13)11(6-14-8)15-5-9-7-16(12(17)18)2-3-19-9/h4,6,9,15H,2-3,5,7H2,1H3,(H2,13,14)(H,17,18). The Kier molecular flexibility index (Phi) is 4.06. The molecule has 0 aliphatic carbocycles. The number of hydrogen-bond acceptors (Lipinski definition) is 5. The van der Waals surface area contributed by atoms with Crippen molar-refractivity contribution in [1.82, 2.24) is 9.88 Å². The van der Waals surface area contributed by atoms with Crippen LogP contribution in [-0.2, 0) is 4.74 Å². The number of nitrogen functional groups attached to an aromatic ring is 1. The van der Waals surface area contributed by atoms with Crippen LogP contribution in [0.5, 0.6) is 0 Å². The third kappa shape index (κ3) is 3.47. The van der Waals surface area contributed by atoms with Crippen molar-refractivity contribution in [3.05, 3.63) is 18.0 Å². The summed E-state index contributed by atoms with van der Waals surface area (Å²) >= 11 is 0. The molecule has 7 nitrogen and oxygen atoms in total. The summed E-state index contributed by atoms with van der Waals surface area (Å²) in [7, 11) is 0. The lowest BCUT2D eigenvalue weighted by atomic mass is 10.2. The Hall–Kier alpha value is -2.02. The quantitative estimate of drug-likeness (QED) is 0.747. The number of carboxylic acid groups (broad SMARTS) is 1. The number of ether oxygens (including phenoxy) is 1. The second kappa shape index (κ2) is 5.75. The molecule has 0 spiro atoms. The average molecular weight is 266 g/mol. The number of aryl methyl sites for hydroxylation is 1. The molecule has 7 heteroatoms. The van der Waals surface area contributed by atoms with E-state index in [9.17, 15) is 4.79 Å². The van der Waals surface area contributed by atoms with Crippen LogP contribution in [0, 0.1) is 6.92 Å². The van der Waals surface area contributed by atoms with E-state index in [0.717, 1.165) is 11.4 Å². The topological polar surface area (TPSA) is 101 Å². The molecule has 1 atom stereocenters. The summed E-state index contributed by atoms with van der Waals surface area (Å²) in [5.74, 6) is 0. The van der Waals surface area contributed by atoms with Crippen LogP contribution in [-0.4, -0.2) is 53.4 Å². The molecule has 2 rings (SSSR count). The third-order valence-corrected chi connectivity index (χ3v) is 3.00. The molecule has 104 valence electrons. The van der Waals surface area contributed by atoms with Crippen LogP contribution < -0.4 is 11.1 Å². The van der Waals surface area contributed by atoms with Crippen molar-refractivity contribution in [1.29, 1.82) is 0 Å². The molecule has 1 amide bonds. The first-order chi connectivity index (χ1) is 9.06. The van der Waals surface area contributed by atoms with E-state index < -0.39 is 6.09 Å². The predicted octanol–water partition coefficient (Wildman–Crippen LogP) is 0.763. The van der Waals surface area contributed by atoms with Crippen LogP contribution >= 0.6 is 0 Å².